The average molecular weight is 473 g/mol. The molecule has 0 aliphatic carbocycles. The molecule has 1 aliphatic rings. The topological polar surface area (TPSA) is 61.0 Å². The van der Waals surface area contributed by atoms with Gasteiger partial charge < -0.3 is 10.3 Å². The van der Waals surface area contributed by atoms with Crippen LogP contribution >= 0.6 is 12.4 Å². The van der Waals surface area contributed by atoms with Crippen LogP contribution < -0.4 is 5.32 Å². The van der Waals surface area contributed by atoms with E-state index in [-0.39, 0.29) is 35.4 Å². The SMILES string of the molecule is Cl.O=C(NCC1CCN(C/C=C/c2ccccc2)CC1)c1nc(-c2ccc(F)cc2F)c[nH]1. The molecule has 0 saturated carbocycles. The summed E-state index contributed by atoms with van der Waals surface area (Å²) in [7, 11) is 0. The van der Waals surface area contributed by atoms with Gasteiger partial charge in [-0.1, -0.05) is 42.5 Å². The molecule has 2 N–H and O–H groups in total. The quantitative estimate of drug-likeness (QED) is 0.512. The van der Waals surface area contributed by atoms with E-state index in [0.29, 0.717) is 12.5 Å². The number of hydrogen-bond acceptors (Lipinski definition) is 3. The van der Waals surface area contributed by atoms with Crippen LogP contribution in [0, 0.1) is 17.6 Å². The van der Waals surface area contributed by atoms with Crippen molar-refractivity contribution in [3.8, 4) is 11.3 Å². The molecule has 0 bridgehead atoms. The first-order chi connectivity index (χ1) is 15.6. The monoisotopic (exact) mass is 472 g/mol. The second-order valence-electron chi connectivity index (χ2n) is 8.03. The molecule has 1 aromatic heterocycles. The summed E-state index contributed by atoms with van der Waals surface area (Å²) in [6.45, 7) is 3.49. The minimum absolute atomic E-state index is 0. The molecular weight excluding hydrogens is 446 g/mol. The normalized spacial score (nSPS) is 14.8. The number of benzene rings is 2. The second-order valence-corrected chi connectivity index (χ2v) is 8.03. The number of H-pyrrole nitrogens is 1. The minimum atomic E-state index is -0.714. The molecule has 2 heterocycles. The van der Waals surface area contributed by atoms with Crippen LogP contribution in [0.3, 0.4) is 0 Å². The fourth-order valence-corrected chi connectivity index (χ4v) is 3.87. The Kier molecular flexibility index (Phi) is 8.74. The molecular formula is C25H27ClF2N4O. The van der Waals surface area contributed by atoms with Crippen molar-refractivity contribution in [1.29, 1.82) is 0 Å². The van der Waals surface area contributed by atoms with E-state index in [0.717, 1.165) is 44.6 Å². The first-order valence-electron chi connectivity index (χ1n) is 10.8. The van der Waals surface area contributed by atoms with Crippen molar-refractivity contribution in [3.05, 3.63) is 83.8 Å². The Bertz CT molecular complexity index is 1080. The van der Waals surface area contributed by atoms with Gasteiger partial charge in [-0.3, -0.25) is 9.69 Å². The lowest BCUT2D eigenvalue weighted by molar-refractivity contribution is 0.0928. The predicted molar refractivity (Wildman–Crippen MR) is 128 cm³/mol. The minimum Gasteiger partial charge on any atom is -0.349 e. The van der Waals surface area contributed by atoms with Gasteiger partial charge in [0.2, 0.25) is 0 Å². The Morgan fingerprint density at radius 2 is 1.91 bits per heavy atom. The zero-order chi connectivity index (χ0) is 22.3. The zero-order valence-electron chi connectivity index (χ0n) is 18.1. The number of piperidine rings is 1. The summed E-state index contributed by atoms with van der Waals surface area (Å²) in [5, 5.41) is 2.92. The molecule has 1 fully saturated rings. The van der Waals surface area contributed by atoms with Gasteiger partial charge in [-0.05, 0) is 49.5 Å². The summed E-state index contributed by atoms with van der Waals surface area (Å²) in [5.41, 5.74) is 1.62. The van der Waals surface area contributed by atoms with Crippen LogP contribution in [0.25, 0.3) is 17.3 Å². The van der Waals surface area contributed by atoms with Gasteiger partial charge >= 0.3 is 0 Å². The van der Waals surface area contributed by atoms with Crippen LogP contribution in [0.5, 0.6) is 0 Å². The van der Waals surface area contributed by atoms with Gasteiger partial charge in [-0.25, -0.2) is 13.8 Å². The van der Waals surface area contributed by atoms with Crippen molar-refractivity contribution in [2.24, 2.45) is 5.92 Å². The van der Waals surface area contributed by atoms with Crippen molar-refractivity contribution in [1.82, 2.24) is 20.2 Å². The van der Waals surface area contributed by atoms with Crippen LogP contribution in [-0.2, 0) is 0 Å². The van der Waals surface area contributed by atoms with Gasteiger partial charge in [-0.2, -0.15) is 0 Å². The van der Waals surface area contributed by atoms with Crippen LogP contribution in [0.2, 0.25) is 0 Å². The third-order valence-electron chi connectivity index (χ3n) is 5.73. The van der Waals surface area contributed by atoms with E-state index in [1.807, 2.05) is 18.2 Å². The van der Waals surface area contributed by atoms with Crippen LogP contribution in [-0.4, -0.2) is 47.0 Å². The molecule has 0 atom stereocenters. The number of halogens is 3. The fourth-order valence-electron chi connectivity index (χ4n) is 3.87. The van der Waals surface area contributed by atoms with Crippen molar-refractivity contribution in [2.45, 2.75) is 12.8 Å². The summed E-state index contributed by atoms with van der Waals surface area (Å²) >= 11 is 0. The van der Waals surface area contributed by atoms with Gasteiger partial charge in [0.15, 0.2) is 5.82 Å². The lowest BCUT2D eigenvalue weighted by Gasteiger charge is -2.31. The number of nitrogens with one attached hydrogen (secondary N) is 2. The number of nitrogens with zero attached hydrogens (tertiary/aromatic N) is 2. The molecule has 1 amide bonds. The van der Waals surface area contributed by atoms with Crippen molar-refractivity contribution in [3.63, 3.8) is 0 Å². The van der Waals surface area contributed by atoms with Crippen molar-refractivity contribution < 1.29 is 13.6 Å². The molecule has 0 spiro atoms. The third kappa shape index (κ3) is 6.73. The maximum atomic E-state index is 13.9. The van der Waals surface area contributed by atoms with E-state index in [1.165, 1.54) is 17.8 Å². The number of carbonyl (C=O) groups excluding carboxylic acids is 1. The standard InChI is InChI=1S/C25H26F2N4O.ClH/c26-20-8-9-21(22(27)15-20)23-17-28-24(30-23)25(32)29-16-19-10-13-31(14-11-19)12-4-7-18-5-2-1-3-6-18;/h1-9,15,17,19H,10-14,16H2,(H,28,30)(H,29,32);1H/b7-4+;. The zero-order valence-corrected chi connectivity index (χ0v) is 19.0. The first kappa shape index (κ1) is 24.6. The molecule has 0 unspecified atom stereocenters. The highest BCUT2D eigenvalue weighted by Crippen LogP contribution is 2.22. The summed E-state index contributed by atoms with van der Waals surface area (Å²) in [4.78, 5) is 21.8. The van der Waals surface area contributed by atoms with E-state index in [1.54, 1.807) is 0 Å². The fraction of sp³-hybridized carbons (Fsp3) is 0.280. The number of rotatable bonds is 7. The smallest absolute Gasteiger partial charge is 0.287 e. The summed E-state index contributed by atoms with van der Waals surface area (Å²) in [6, 6.07) is 13.5. The summed E-state index contributed by atoms with van der Waals surface area (Å²) in [5.74, 6) is -1.16. The largest absolute Gasteiger partial charge is 0.349 e. The van der Waals surface area contributed by atoms with E-state index in [4.69, 9.17) is 0 Å². The first-order valence-corrected chi connectivity index (χ1v) is 10.8. The highest BCUT2D eigenvalue weighted by molar-refractivity contribution is 5.91. The average Bonchev–Trinajstić information content (AvgIpc) is 3.29. The van der Waals surface area contributed by atoms with Crippen LogP contribution in [0.15, 0.2) is 60.8 Å². The molecule has 8 heteroatoms. The van der Waals surface area contributed by atoms with Crippen molar-refractivity contribution in [2.75, 3.05) is 26.2 Å². The number of aromatic nitrogens is 2. The van der Waals surface area contributed by atoms with Gasteiger partial charge in [0, 0.05) is 30.9 Å². The predicted octanol–water partition coefficient (Wildman–Crippen LogP) is 4.93. The Hall–Kier alpha value is -3.03. The number of carbonyl (C=O) groups is 1. The number of amides is 1. The Morgan fingerprint density at radius 3 is 2.64 bits per heavy atom. The van der Waals surface area contributed by atoms with Crippen molar-refractivity contribution >= 4 is 24.4 Å². The number of hydrogen-bond donors (Lipinski definition) is 2. The number of aromatic amines is 1. The molecule has 174 valence electrons. The Morgan fingerprint density at radius 1 is 1.15 bits per heavy atom. The lowest BCUT2D eigenvalue weighted by atomic mass is 9.97. The number of likely N-dealkylation sites (tertiary alicyclic amines) is 1. The molecule has 1 aliphatic heterocycles. The van der Waals surface area contributed by atoms with E-state index >= 15 is 0 Å². The van der Waals surface area contributed by atoms with Gasteiger partial charge in [0.25, 0.3) is 5.91 Å². The highest BCUT2D eigenvalue weighted by atomic mass is 35.5. The van der Waals surface area contributed by atoms with E-state index in [2.05, 4.69) is 44.5 Å². The Balaban J connectivity index is 0.00000306. The molecule has 0 radical (unpaired) electrons. The molecule has 1 saturated heterocycles. The van der Waals surface area contributed by atoms with Crippen LogP contribution in [0.1, 0.15) is 29.0 Å². The van der Waals surface area contributed by atoms with E-state index < -0.39 is 11.6 Å². The van der Waals surface area contributed by atoms with Crippen LogP contribution in [0.4, 0.5) is 8.78 Å². The maximum Gasteiger partial charge on any atom is 0.287 e. The van der Waals surface area contributed by atoms with E-state index in [9.17, 15) is 13.6 Å². The van der Waals surface area contributed by atoms with Gasteiger partial charge in [0.1, 0.15) is 11.6 Å². The van der Waals surface area contributed by atoms with Gasteiger partial charge in [0.05, 0.1) is 5.69 Å². The molecule has 2 aromatic carbocycles. The highest BCUT2D eigenvalue weighted by Gasteiger charge is 2.20. The second kappa shape index (κ2) is 11.7. The number of imidazole rings is 1. The lowest BCUT2D eigenvalue weighted by Crippen LogP contribution is -2.38. The molecule has 3 aromatic rings. The Labute approximate surface area is 198 Å². The maximum absolute atomic E-state index is 13.9. The molecule has 4 rings (SSSR count). The molecule has 5 nitrogen and oxygen atoms in total. The summed E-state index contributed by atoms with van der Waals surface area (Å²) < 4.78 is 27.0. The molecule has 33 heavy (non-hydrogen) atoms. The summed E-state index contributed by atoms with van der Waals surface area (Å²) in [6.07, 6.45) is 7.82. The van der Waals surface area contributed by atoms with Gasteiger partial charge in [-0.15, -0.1) is 12.4 Å². The third-order valence-corrected chi connectivity index (χ3v) is 5.73.